The topological polar surface area (TPSA) is 0 Å². The van der Waals surface area contributed by atoms with Crippen LogP contribution < -0.4 is 0 Å². The van der Waals surface area contributed by atoms with Gasteiger partial charge in [0.05, 0.1) is 0 Å². The zero-order valence-electron chi connectivity index (χ0n) is 21.9. The first-order valence-electron chi connectivity index (χ1n) is 13.9. The Bertz CT molecular complexity index is 1330. The van der Waals surface area contributed by atoms with Gasteiger partial charge in [-0.1, -0.05) is 83.0 Å². The van der Waals surface area contributed by atoms with Gasteiger partial charge >= 0.3 is 37.9 Å². The van der Waals surface area contributed by atoms with Gasteiger partial charge in [0.1, 0.15) is 0 Å². The van der Waals surface area contributed by atoms with Crippen molar-refractivity contribution in [2.24, 2.45) is 0 Å². The van der Waals surface area contributed by atoms with Crippen LogP contribution in [0.15, 0.2) is 108 Å². The molecular formula is C36H30Cl2Zr. The fraction of sp³-hybridized carbons (Fsp3) is 0.222. The molecule has 0 amide bonds. The van der Waals surface area contributed by atoms with Crippen molar-refractivity contribution < 1.29 is 20.8 Å². The molecule has 39 heavy (non-hydrogen) atoms. The molecule has 4 aliphatic rings. The predicted molar refractivity (Wildman–Crippen MR) is 161 cm³/mol. The number of fused-ring (bicyclic) bond motifs is 6. The number of hydrogen-bond donors (Lipinski definition) is 0. The van der Waals surface area contributed by atoms with Crippen LogP contribution in [0.2, 0.25) is 0 Å². The fourth-order valence-corrected chi connectivity index (χ4v) is 6.83. The molecule has 2 atom stereocenters. The van der Waals surface area contributed by atoms with Crippen LogP contribution in [0.4, 0.5) is 0 Å². The molecule has 4 aliphatic carbocycles. The summed E-state index contributed by atoms with van der Waals surface area (Å²) in [6.07, 6.45) is 12.5. The molecule has 0 radical (unpaired) electrons. The van der Waals surface area contributed by atoms with Crippen LogP contribution >= 0.6 is 17.0 Å². The molecule has 0 saturated carbocycles. The van der Waals surface area contributed by atoms with Gasteiger partial charge in [-0.3, -0.25) is 0 Å². The van der Waals surface area contributed by atoms with Crippen LogP contribution in [-0.2, 0) is 20.8 Å². The van der Waals surface area contributed by atoms with Crippen molar-refractivity contribution in [3.8, 4) is 22.3 Å². The molecule has 3 heteroatoms. The average Bonchev–Trinajstić information content (AvgIpc) is 3.79. The van der Waals surface area contributed by atoms with E-state index in [4.69, 9.17) is 17.0 Å². The van der Waals surface area contributed by atoms with E-state index >= 15 is 0 Å². The Kier molecular flexibility index (Phi) is 8.70. The molecular weight excluding hydrogens is 595 g/mol. The van der Waals surface area contributed by atoms with E-state index in [-0.39, 0.29) is 0 Å². The first-order chi connectivity index (χ1) is 19.3. The van der Waals surface area contributed by atoms with Gasteiger partial charge in [-0.2, -0.15) is 48.5 Å². The van der Waals surface area contributed by atoms with Gasteiger partial charge in [0.25, 0.3) is 0 Å². The Morgan fingerprint density at radius 1 is 0.564 bits per heavy atom. The molecule has 8 rings (SSSR count). The van der Waals surface area contributed by atoms with Gasteiger partial charge in [0.2, 0.25) is 0 Å². The molecule has 0 bridgehead atoms. The molecule has 0 fully saturated rings. The van der Waals surface area contributed by atoms with Gasteiger partial charge in [0.15, 0.2) is 0 Å². The number of halogens is 2. The van der Waals surface area contributed by atoms with Gasteiger partial charge in [-0.15, -0.1) is 22.3 Å². The molecule has 0 saturated heterocycles. The van der Waals surface area contributed by atoms with E-state index in [2.05, 4.69) is 97.1 Å². The maximum absolute atomic E-state index is 4.93. The SMILES string of the molecule is [Cl][Zr+2][Cl].[c-]1cccc2c1C(C1=CCCC1)c1ccccc1-2.[c-]1cccc2c1C(C1=CCCC1)c1ccccc1-2. The van der Waals surface area contributed by atoms with E-state index in [1.807, 2.05) is 12.1 Å². The summed E-state index contributed by atoms with van der Waals surface area (Å²) in [4.78, 5) is 0. The third-order valence-electron chi connectivity index (χ3n) is 8.37. The Balaban J connectivity index is 0.000000129. The van der Waals surface area contributed by atoms with Crippen molar-refractivity contribution in [3.63, 3.8) is 0 Å². The second kappa shape index (κ2) is 12.6. The molecule has 0 aliphatic heterocycles. The van der Waals surface area contributed by atoms with E-state index in [1.54, 1.807) is 11.1 Å². The van der Waals surface area contributed by atoms with Crippen LogP contribution in [0.3, 0.4) is 0 Å². The summed E-state index contributed by atoms with van der Waals surface area (Å²) in [5, 5.41) is 0. The Morgan fingerprint density at radius 3 is 1.38 bits per heavy atom. The predicted octanol–water partition coefficient (Wildman–Crippen LogP) is 10.8. The first-order valence-corrected chi connectivity index (χ1v) is 20.2. The number of hydrogen-bond acceptors (Lipinski definition) is 0. The molecule has 0 nitrogen and oxygen atoms in total. The van der Waals surface area contributed by atoms with Gasteiger partial charge < -0.3 is 0 Å². The quantitative estimate of drug-likeness (QED) is 0.154. The largest absolute Gasteiger partial charge is 0.179 e. The van der Waals surface area contributed by atoms with Crippen LogP contribution in [0.5, 0.6) is 0 Å². The third-order valence-corrected chi connectivity index (χ3v) is 8.37. The van der Waals surface area contributed by atoms with Crippen molar-refractivity contribution in [3.05, 3.63) is 143 Å². The summed E-state index contributed by atoms with van der Waals surface area (Å²) in [5.74, 6) is 0.944. The third kappa shape index (κ3) is 5.31. The summed E-state index contributed by atoms with van der Waals surface area (Å²) < 4.78 is 0. The number of rotatable bonds is 2. The first kappa shape index (κ1) is 27.0. The second-order valence-corrected chi connectivity index (χ2v) is 14.2. The van der Waals surface area contributed by atoms with Crippen molar-refractivity contribution in [2.45, 2.75) is 50.4 Å². The van der Waals surface area contributed by atoms with Crippen LogP contribution in [-0.4, -0.2) is 0 Å². The summed E-state index contributed by atoms with van der Waals surface area (Å²) in [6, 6.07) is 37.4. The van der Waals surface area contributed by atoms with E-state index < -0.39 is 20.8 Å². The molecule has 0 aromatic heterocycles. The fourth-order valence-electron chi connectivity index (χ4n) is 6.83. The zero-order chi connectivity index (χ0) is 26.6. The second-order valence-electron chi connectivity index (χ2n) is 10.4. The van der Waals surface area contributed by atoms with Crippen LogP contribution in [0.1, 0.15) is 72.6 Å². The van der Waals surface area contributed by atoms with Gasteiger partial charge in [0, 0.05) is 11.8 Å². The maximum Gasteiger partial charge on any atom is 0.00744 e. The average molecular weight is 625 g/mol. The van der Waals surface area contributed by atoms with E-state index in [9.17, 15) is 0 Å². The molecule has 2 unspecified atom stereocenters. The normalized spacial score (nSPS) is 19.1. The maximum atomic E-state index is 4.93. The standard InChI is InChI=1S/2C18H15.2ClH.Zr/c2*1-2-8-13(7-1)18-16-11-5-3-9-14(16)15-10-4-6-12-17(15)18;;;/h2*3-7,9-11,18H,1-2,8H2;2*1H;/q2*-1;;;+4/p-2. The van der Waals surface area contributed by atoms with Crippen LogP contribution in [0.25, 0.3) is 22.3 Å². The smallest absolute Gasteiger partial charge is 0.00744 e. The minimum Gasteiger partial charge on any atom is -0.179 e. The molecule has 192 valence electrons. The molecule has 0 spiro atoms. The molecule has 4 aromatic carbocycles. The molecule has 0 N–H and O–H groups in total. The minimum absolute atomic E-state index is 0.472. The Labute approximate surface area is 251 Å². The monoisotopic (exact) mass is 622 g/mol. The van der Waals surface area contributed by atoms with E-state index in [0.717, 1.165) is 0 Å². The summed E-state index contributed by atoms with van der Waals surface area (Å²) in [6.45, 7) is 0. The van der Waals surface area contributed by atoms with Crippen molar-refractivity contribution in [2.75, 3.05) is 0 Å². The van der Waals surface area contributed by atoms with Gasteiger partial charge in [-0.05, 0) is 49.7 Å². The van der Waals surface area contributed by atoms with E-state index in [0.29, 0.717) is 11.8 Å². The minimum atomic E-state index is -0.826. The summed E-state index contributed by atoms with van der Waals surface area (Å²) in [7, 11) is 9.87. The van der Waals surface area contributed by atoms with E-state index in [1.165, 1.54) is 83.0 Å². The zero-order valence-corrected chi connectivity index (χ0v) is 25.9. The number of allylic oxidation sites excluding steroid dienone is 4. The van der Waals surface area contributed by atoms with Crippen molar-refractivity contribution in [1.29, 1.82) is 0 Å². The molecule has 0 heterocycles. The Morgan fingerprint density at radius 2 is 0.974 bits per heavy atom. The summed E-state index contributed by atoms with van der Waals surface area (Å²) in [5.41, 5.74) is 14.5. The van der Waals surface area contributed by atoms with Crippen LogP contribution in [0, 0.1) is 12.1 Å². The number of benzene rings is 4. The summed E-state index contributed by atoms with van der Waals surface area (Å²) >= 11 is -0.826. The van der Waals surface area contributed by atoms with Gasteiger partial charge in [-0.25, -0.2) is 0 Å². The molecule has 4 aromatic rings. The van der Waals surface area contributed by atoms with Crippen molar-refractivity contribution >= 4 is 17.0 Å². The van der Waals surface area contributed by atoms with Crippen molar-refractivity contribution in [1.82, 2.24) is 0 Å². The Hall–Kier alpha value is -2.18.